The highest BCUT2D eigenvalue weighted by molar-refractivity contribution is 5.90. The first-order valence-electron chi connectivity index (χ1n) is 11.1. The van der Waals surface area contributed by atoms with E-state index in [1.54, 1.807) is 0 Å². The molecule has 2 aliphatic rings. The first-order chi connectivity index (χ1) is 16.0. The summed E-state index contributed by atoms with van der Waals surface area (Å²) in [7, 11) is 0. The molecule has 0 radical (unpaired) electrons. The molecule has 5 rings (SSSR count). The molecular formula is C24H26N6O3. The topological polar surface area (TPSA) is 122 Å². The Labute approximate surface area is 191 Å². The predicted molar refractivity (Wildman–Crippen MR) is 121 cm³/mol. The molecule has 1 unspecified atom stereocenters. The van der Waals surface area contributed by atoms with E-state index in [0.717, 1.165) is 39.7 Å². The van der Waals surface area contributed by atoms with Crippen LogP contribution in [-0.4, -0.2) is 51.9 Å². The van der Waals surface area contributed by atoms with Gasteiger partial charge in [0, 0.05) is 35.9 Å². The number of allylic oxidation sites excluding steroid dienone is 1. The number of morpholine rings is 1. The lowest BCUT2D eigenvalue weighted by atomic mass is 9.84. The van der Waals surface area contributed by atoms with E-state index in [9.17, 15) is 10.1 Å². The van der Waals surface area contributed by atoms with Crippen molar-refractivity contribution in [3.63, 3.8) is 0 Å². The molecule has 170 valence electrons. The maximum absolute atomic E-state index is 13.1. The summed E-state index contributed by atoms with van der Waals surface area (Å²) in [6, 6.07) is 8.38. The number of hydrogen-bond donors (Lipinski definition) is 2. The number of aryl methyl sites for hydroxylation is 2. The quantitative estimate of drug-likeness (QED) is 0.634. The second-order valence-electron chi connectivity index (χ2n) is 8.36. The summed E-state index contributed by atoms with van der Waals surface area (Å²) in [6.45, 7) is 6.53. The SMILES string of the molecule is CCc1cccc2c(C3C(C#N)=C(N)Oc4n[nH]c(C)c43)cn(CC(=O)N3CCOCC3)c12. The van der Waals surface area contributed by atoms with E-state index >= 15 is 0 Å². The lowest BCUT2D eigenvalue weighted by Gasteiger charge is -2.27. The molecule has 9 heteroatoms. The highest BCUT2D eigenvalue weighted by Crippen LogP contribution is 2.45. The number of para-hydroxylation sites is 1. The number of aromatic amines is 1. The van der Waals surface area contributed by atoms with Crippen LogP contribution in [-0.2, 0) is 22.5 Å². The highest BCUT2D eigenvalue weighted by Gasteiger charge is 2.36. The van der Waals surface area contributed by atoms with Crippen molar-refractivity contribution in [1.82, 2.24) is 19.7 Å². The number of nitrogens with zero attached hydrogens (tertiary/aromatic N) is 4. The third-order valence-electron chi connectivity index (χ3n) is 6.50. The minimum atomic E-state index is -0.438. The standard InChI is InChI=1S/C24H26N6O3/c1-3-15-5-4-6-16-18(12-30(22(15)16)13-19(31)29-7-9-32-10-8-29)21-17(11-25)23(26)33-24-20(21)14(2)27-28-24/h4-6,12,21H,3,7-10,13,26H2,1-2H3,(H,27,28). The van der Waals surface area contributed by atoms with Crippen molar-refractivity contribution >= 4 is 16.8 Å². The molecule has 0 spiro atoms. The molecule has 1 fully saturated rings. The molecule has 3 aromatic rings. The number of fused-ring (bicyclic) bond motifs is 2. The number of carbonyl (C=O) groups excluding carboxylic acids is 1. The second kappa shape index (κ2) is 8.30. The fourth-order valence-corrected chi connectivity index (χ4v) is 4.87. The van der Waals surface area contributed by atoms with Crippen LogP contribution in [0.4, 0.5) is 0 Å². The average molecular weight is 447 g/mol. The molecule has 33 heavy (non-hydrogen) atoms. The molecule has 2 aromatic heterocycles. The number of H-pyrrole nitrogens is 1. The van der Waals surface area contributed by atoms with Gasteiger partial charge in [0.1, 0.15) is 18.2 Å². The second-order valence-corrected chi connectivity index (χ2v) is 8.36. The van der Waals surface area contributed by atoms with E-state index in [0.29, 0.717) is 37.8 Å². The maximum atomic E-state index is 13.1. The van der Waals surface area contributed by atoms with Gasteiger partial charge in [-0.05, 0) is 24.5 Å². The van der Waals surface area contributed by atoms with Gasteiger partial charge in [-0.2, -0.15) is 5.26 Å². The van der Waals surface area contributed by atoms with E-state index in [1.165, 1.54) is 0 Å². The Bertz CT molecular complexity index is 1310. The van der Waals surface area contributed by atoms with Crippen LogP contribution < -0.4 is 10.5 Å². The van der Waals surface area contributed by atoms with Crippen LogP contribution in [0.5, 0.6) is 5.88 Å². The van der Waals surface area contributed by atoms with Crippen LogP contribution in [0, 0.1) is 18.3 Å². The fourth-order valence-electron chi connectivity index (χ4n) is 4.87. The minimum Gasteiger partial charge on any atom is -0.420 e. The van der Waals surface area contributed by atoms with Crippen LogP contribution in [0.2, 0.25) is 0 Å². The Balaban J connectivity index is 1.68. The number of ether oxygens (including phenoxy) is 2. The molecular weight excluding hydrogens is 420 g/mol. The number of nitriles is 1. The molecule has 0 aliphatic carbocycles. The largest absolute Gasteiger partial charge is 0.420 e. The van der Waals surface area contributed by atoms with Crippen molar-refractivity contribution in [2.24, 2.45) is 5.73 Å². The van der Waals surface area contributed by atoms with Gasteiger partial charge in [0.05, 0.1) is 24.6 Å². The van der Waals surface area contributed by atoms with E-state index in [1.807, 2.05) is 34.7 Å². The molecule has 0 saturated carbocycles. The highest BCUT2D eigenvalue weighted by atomic mass is 16.5. The number of nitrogens with one attached hydrogen (secondary N) is 1. The Morgan fingerprint density at radius 1 is 1.36 bits per heavy atom. The predicted octanol–water partition coefficient (Wildman–Crippen LogP) is 2.31. The molecule has 9 nitrogen and oxygen atoms in total. The van der Waals surface area contributed by atoms with Crippen molar-refractivity contribution in [2.45, 2.75) is 32.7 Å². The summed E-state index contributed by atoms with van der Waals surface area (Å²) < 4.78 is 13.0. The van der Waals surface area contributed by atoms with Crippen LogP contribution in [0.3, 0.4) is 0 Å². The summed E-state index contributed by atoms with van der Waals surface area (Å²) in [5.41, 5.74) is 11.1. The Hall–Kier alpha value is -3.77. The Morgan fingerprint density at radius 3 is 2.88 bits per heavy atom. The van der Waals surface area contributed by atoms with Crippen molar-refractivity contribution < 1.29 is 14.3 Å². The normalized spacial score (nSPS) is 18.2. The summed E-state index contributed by atoms with van der Waals surface area (Å²) in [6.07, 6.45) is 2.80. The summed E-state index contributed by atoms with van der Waals surface area (Å²) in [5, 5.41) is 18.1. The first kappa shape index (κ1) is 21.1. The van der Waals surface area contributed by atoms with Crippen LogP contribution in [0.1, 0.15) is 35.2 Å². The lowest BCUT2D eigenvalue weighted by Crippen LogP contribution is -2.42. The number of amides is 1. The molecule has 2 aliphatic heterocycles. The lowest BCUT2D eigenvalue weighted by molar-refractivity contribution is -0.135. The van der Waals surface area contributed by atoms with E-state index in [4.69, 9.17) is 15.2 Å². The first-order valence-corrected chi connectivity index (χ1v) is 11.1. The molecule has 3 N–H and O–H groups in total. The molecule has 1 atom stereocenters. The van der Waals surface area contributed by atoms with Gasteiger partial charge in [-0.1, -0.05) is 25.1 Å². The number of rotatable bonds is 4. The molecule has 1 amide bonds. The number of hydrogen-bond acceptors (Lipinski definition) is 6. The van der Waals surface area contributed by atoms with Crippen LogP contribution in [0.25, 0.3) is 10.9 Å². The minimum absolute atomic E-state index is 0.0513. The van der Waals surface area contributed by atoms with Gasteiger partial charge in [0.15, 0.2) is 0 Å². The number of benzene rings is 1. The van der Waals surface area contributed by atoms with Gasteiger partial charge in [-0.25, -0.2) is 0 Å². The summed E-state index contributed by atoms with van der Waals surface area (Å²) in [5.74, 6) is 0.0478. The number of aromatic nitrogens is 3. The van der Waals surface area contributed by atoms with Crippen molar-refractivity contribution in [2.75, 3.05) is 26.3 Å². The Kier molecular flexibility index (Phi) is 5.30. The van der Waals surface area contributed by atoms with Gasteiger partial charge in [-0.15, -0.1) is 5.10 Å². The van der Waals surface area contributed by atoms with Crippen molar-refractivity contribution in [3.05, 3.63) is 58.2 Å². The van der Waals surface area contributed by atoms with Gasteiger partial charge in [0.25, 0.3) is 0 Å². The molecule has 1 aromatic carbocycles. The molecule has 4 heterocycles. The van der Waals surface area contributed by atoms with E-state index in [2.05, 4.69) is 29.3 Å². The number of nitrogens with two attached hydrogens (primary N) is 1. The van der Waals surface area contributed by atoms with E-state index < -0.39 is 5.92 Å². The third-order valence-corrected chi connectivity index (χ3v) is 6.50. The van der Waals surface area contributed by atoms with Crippen molar-refractivity contribution in [3.8, 4) is 11.9 Å². The smallest absolute Gasteiger partial charge is 0.244 e. The van der Waals surface area contributed by atoms with Crippen LogP contribution in [0.15, 0.2) is 35.9 Å². The zero-order valence-electron chi connectivity index (χ0n) is 18.7. The maximum Gasteiger partial charge on any atom is 0.244 e. The molecule has 0 bridgehead atoms. The zero-order chi connectivity index (χ0) is 23.1. The zero-order valence-corrected chi connectivity index (χ0v) is 18.7. The fraction of sp³-hybridized carbons (Fsp3) is 0.375. The van der Waals surface area contributed by atoms with Gasteiger partial charge in [-0.3, -0.25) is 9.89 Å². The molecule has 1 saturated heterocycles. The average Bonchev–Trinajstić information content (AvgIpc) is 3.39. The summed E-state index contributed by atoms with van der Waals surface area (Å²) in [4.78, 5) is 15.0. The monoisotopic (exact) mass is 446 g/mol. The Morgan fingerprint density at radius 2 is 2.15 bits per heavy atom. The van der Waals surface area contributed by atoms with Crippen molar-refractivity contribution in [1.29, 1.82) is 5.26 Å². The van der Waals surface area contributed by atoms with Gasteiger partial charge < -0.3 is 24.7 Å². The van der Waals surface area contributed by atoms with Gasteiger partial charge in [0.2, 0.25) is 17.7 Å². The summed E-state index contributed by atoms with van der Waals surface area (Å²) >= 11 is 0. The third kappa shape index (κ3) is 3.43. The van der Waals surface area contributed by atoms with Crippen LogP contribution >= 0.6 is 0 Å². The van der Waals surface area contributed by atoms with E-state index in [-0.39, 0.29) is 18.3 Å². The number of carbonyl (C=O) groups is 1. The van der Waals surface area contributed by atoms with Gasteiger partial charge >= 0.3 is 0 Å².